The van der Waals surface area contributed by atoms with Gasteiger partial charge in [-0.3, -0.25) is 0 Å². The lowest BCUT2D eigenvalue weighted by atomic mass is 10.1. The maximum atomic E-state index is 12.6. The number of hydrogen-bond donors (Lipinski definition) is 0. The van der Waals surface area contributed by atoms with Gasteiger partial charge in [0.15, 0.2) is 6.61 Å². The van der Waals surface area contributed by atoms with E-state index in [1.165, 1.54) is 32.4 Å². The smallest absolute Gasteiger partial charge is 0.377 e. The van der Waals surface area contributed by atoms with E-state index in [1.54, 1.807) is 0 Å². The van der Waals surface area contributed by atoms with Crippen LogP contribution < -0.4 is 9.47 Å². The van der Waals surface area contributed by atoms with Gasteiger partial charge in [-0.1, -0.05) is 12.0 Å². The van der Waals surface area contributed by atoms with Crippen molar-refractivity contribution in [3.63, 3.8) is 0 Å². The summed E-state index contributed by atoms with van der Waals surface area (Å²) >= 11 is 0. The molecule has 0 unspecified atom stereocenters. The monoisotopic (exact) mass is 420 g/mol. The number of benzene rings is 1. The molecule has 0 N–H and O–H groups in total. The predicted octanol–water partition coefficient (Wildman–Crippen LogP) is 1.56. The van der Waals surface area contributed by atoms with Crippen LogP contribution in [0.4, 0.5) is 0 Å². The van der Waals surface area contributed by atoms with Gasteiger partial charge in [0, 0.05) is 0 Å². The van der Waals surface area contributed by atoms with Crippen LogP contribution in [0.25, 0.3) is 0 Å². The molecule has 0 aliphatic rings. The second-order valence-corrected chi connectivity index (χ2v) is 5.03. The Kier molecular flexibility index (Phi) is 9.84. The Balaban J connectivity index is 3.50. The summed E-state index contributed by atoms with van der Waals surface area (Å²) in [7, 11) is 4.84. The van der Waals surface area contributed by atoms with Gasteiger partial charge in [0.25, 0.3) is 0 Å². The molecule has 30 heavy (non-hydrogen) atoms. The van der Waals surface area contributed by atoms with Crippen molar-refractivity contribution >= 4 is 17.9 Å². The van der Waals surface area contributed by atoms with Crippen molar-refractivity contribution in [2.24, 2.45) is 0 Å². The molecule has 0 aromatic heterocycles. The number of hydrogen-bond acceptors (Lipinski definition) is 10. The molecular weight excluding hydrogens is 400 g/mol. The molecule has 10 heteroatoms. The number of carbonyl (C=O) groups excluding carboxylic acids is 3. The van der Waals surface area contributed by atoms with Gasteiger partial charge in [-0.15, -0.1) is 6.42 Å². The zero-order chi connectivity index (χ0) is 22.5. The first kappa shape index (κ1) is 23.9. The zero-order valence-corrected chi connectivity index (χ0v) is 16.8. The minimum atomic E-state index is -0.943. The van der Waals surface area contributed by atoms with Crippen molar-refractivity contribution in [3.8, 4) is 23.8 Å². The van der Waals surface area contributed by atoms with Crippen molar-refractivity contribution in [3.05, 3.63) is 47.8 Å². The third-order valence-electron chi connectivity index (χ3n) is 3.14. The highest BCUT2D eigenvalue weighted by atomic mass is 16.6. The van der Waals surface area contributed by atoms with E-state index in [1.807, 2.05) is 0 Å². The molecule has 0 aliphatic carbocycles. The van der Waals surface area contributed by atoms with Crippen molar-refractivity contribution < 1.29 is 47.5 Å². The molecule has 0 aliphatic heterocycles. The van der Waals surface area contributed by atoms with Crippen molar-refractivity contribution in [1.82, 2.24) is 0 Å². The second kappa shape index (κ2) is 12.4. The summed E-state index contributed by atoms with van der Waals surface area (Å²) in [6.07, 6.45) is 7.07. The minimum absolute atomic E-state index is 0.162. The maximum absolute atomic E-state index is 12.6. The first-order chi connectivity index (χ1) is 14.4. The number of esters is 3. The first-order valence-corrected chi connectivity index (χ1v) is 8.15. The normalized spacial score (nSPS) is 10.9. The number of terminal acetylenes is 1. The SMILES string of the molecule is C#CCOC(=O)c1c(OC(=COC)C(=O)OC)cccc1OC(=COC)C(=O)OC. The lowest BCUT2D eigenvalue weighted by molar-refractivity contribution is -0.139. The molecule has 1 aromatic carbocycles. The number of rotatable bonds is 10. The molecule has 0 bridgehead atoms. The summed E-state index contributed by atoms with van der Waals surface area (Å²) in [5.41, 5.74) is -0.274. The molecule has 0 atom stereocenters. The largest absolute Gasteiger partial charge is 0.500 e. The van der Waals surface area contributed by atoms with Crippen LogP contribution in [-0.2, 0) is 33.3 Å². The Bertz CT molecular complexity index is 822. The van der Waals surface area contributed by atoms with E-state index >= 15 is 0 Å². The Hall–Kier alpha value is -4.13. The van der Waals surface area contributed by atoms with Crippen LogP contribution in [0, 0.1) is 12.3 Å². The quantitative estimate of drug-likeness (QED) is 0.181. The van der Waals surface area contributed by atoms with Crippen LogP contribution in [-0.4, -0.2) is 53.0 Å². The molecule has 0 radical (unpaired) electrons. The number of methoxy groups -OCH3 is 4. The average molecular weight is 420 g/mol. The Morgan fingerprint density at radius 1 is 0.900 bits per heavy atom. The minimum Gasteiger partial charge on any atom is -0.500 e. The van der Waals surface area contributed by atoms with Crippen LogP contribution in [0.1, 0.15) is 10.4 Å². The Morgan fingerprint density at radius 2 is 1.37 bits per heavy atom. The van der Waals surface area contributed by atoms with Gasteiger partial charge in [-0.2, -0.15) is 0 Å². The van der Waals surface area contributed by atoms with Gasteiger partial charge in [0.1, 0.15) is 29.6 Å². The first-order valence-electron chi connectivity index (χ1n) is 8.15. The summed E-state index contributed by atoms with van der Waals surface area (Å²) in [5, 5.41) is 0. The van der Waals surface area contributed by atoms with Gasteiger partial charge in [0.05, 0.1) is 28.4 Å². The Labute approximate surface area is 172 Å². The van der Waals surface area contributed by atoms with Crippen molar-refractivity contribution in [2.45, 2.75) is 0 Å². The van der Waals surface area contributed by atoms with E-state index in [0.717, 1.165) is 26.7 Å². The third kappa shape index (κ3) is 6.49. The molecule has 0 fully saturated rings. The molecule has 160 valence electrons. The molecule has 0 heterocycles. The fourth-order valence-electron chi connectivity index (χ4n) is 1.94. The van der Waals surface area contributed by atoms with E-state index in [0.29, 0.717) is 0 Å². The highest BCUT2D eigenvalue weighted by Gasteiger charge is 2.26. The number of ether oxygens (including phenoxy) is 7. The Morgan fingerprint density at radius 3 is 1.73 bits per heavy atom. The number of carbonyl (C=O) groups is 3. The summed E-state index contributed by atoms with van der Waals surface area (Å²) in [5.74, 6) is -1.61. The van der Waals surface area contributed by atoms with Gasteiger partial charge in [0.2, 0.25) is 11.5 Å². The molecule has 0 spiro atoms. The topological polar surface area (TPSA) is 116 Å². The van der Waals surface area contributed by atoms with E-state index in [9.17, 15) is 14.4 Å². The van der Waals surface area contributed by atoms with Crippen LogP contribution >= 0.6 is 0 Å². The molecule has 0 saturated heterocycles. The van der Waals surface area contributed by atoms with E-state index in [2.05, 4.69) is 15.4 Å². The summed E-state index contributed by atoms with van der Waals surface area (Å²) in [4.78, 5) is 36.3. The van der Waals surface area contributed by atoms with Crippen molar-refractivity contribution in [1.29, 1.82) is 0 Å². The zero-order valence-electron chi connectivity index (χ0n) is 16.8. The summed E-state index contributed by atoms with van der Waals surface area (Å²) in [6.45, 7) is -0.345. The van der Waals surface area contributed by atoms with Crippen LogP contribution in [0.5, 0.6) is 11.5 Å². The van der Waals surface area contributed by atoms with Crippen LogP contribution in [0.2, 0.25) is 0 Å². The summed E-state index contributed by atoms with van der Waals surface area (Å²) < 4.78 is 34.7. The van der Waals surface area contributed by atoms with E-state index in [-0.39, 0.29) is 35.2 Å². The highest BCUT2D eigenvalue weighted by molar-refractivity contribution is 5.97. The third-order valence-corrected chi connectivity index (χ3v) is 3.14. The second-order valence-electron chi connectivity index (χ2n) is 5.03. The molecule has 1 aromatic rings. The molecule has 1 rings (SSSR count). The highest BCUT2D eigenvalue weighted by Crippen LogP contribution is 2.32. The van der Waals surface area contributed by atoms with Crippen molar-refractivity contribution in [2.75, 3.05) is 35.0 Å². The van der Waals surface area contributed by atoms with E-state index < -0.39 is 17.9 Å². The van der Waals surface area contributed by atoms with E-state index in [4.69, 9.17) is 30.1 Å². The molecule has 0 saturated carbocycles. The van der Waals surface area contributed by atoms with Gasteiger partial charge >= 0.3 is 17.9 Å². The fraction of sp³-hybridized carbons (Fsp3) is 0.250. The van der Waals surface area contributed by atoms with Gasteiger partial charge < -0.3 is 33.2 Å². The average Bonchev–Trinajstić information content (AvgIpc) is 2.75. The summed E-state index contributed by atoms with van der Waals surface area (Å²) in [6, 6.07) is 4.14. The molecule has 10 nitrogen and oxygen atoms in total. The van der Waals surface area contributed by atoms with Crippen LogP contribution in [0.15, 0.2) is 42.2 Å². The van der Waals surface area contributed by atoms with Gasteiger partial charge in [-0.25, -0.2) is 14.4 Å². The lowest BCUT2D eigenvalue weighted by Gasteiger charge is -2.16. The predicted molar refractivity (Wildman–Crippen MR) is 101 cm³/mol. The molecular formula is C20H20O10. The van der Waals surface area contributed by atoms with Gasteiger partial charge in [-0.05, 0) is 12.1 Å². The lowest BCUT2D eigenvalue weighted by Crippen LogP contribution is -2.17. The van der Waals surface area contributed by atoms with Crippen LogP contribution in [0.3, 0.4) is 0 Å². The maximum Gasteiger partial charge on any atom is 0.377 e. The fourth-order valence-corrected chi connectivity index (χ4v) is 1.94. The molecule has 0 amide bonds. The standard InChI is InChI=1S/C20H20O10/c1-6-10-28-20(23)17-13(29-15(11-24-2)18(21)26-4)8-7-9-14(17)30-16(12-25-3)19(22)27-5/h1,7-9,11-12H,10H2,2-5H3.